The number of hydrogen-bond donors (Lipinski definition) is 0. The predicted octanol–water partition coefficient (Wildman–Crippen LogP) is 2.96. The van der Waals surface area contributed by atoms with Crippen LogP contribution in [-0.4, -0.2) is 5.97 Å². The Morgan fingerprint density at radius 3 is 2.89 bits per heavy atom. The Morgan fingerprint density at radius 1 is 1.44 bits per heavy atom. The molecule has 90 valence electrons. The Kier molecular flexibility index (Phi) is 3.49. The molecule has 1 aromatic heterocycles. The van der Waals surface area contributed by atoms with Gasteiger partial charge in [0, 0.05) is 6.08 Å². The van der Waals surface area contributed by atoms with E-state index < -0.39 is 0 Å². The Morgan fingerprint density at radius 2 is 2.28 bits per heavy atom. The fraction of sp³-hybridized carbons (Fsp3) is 0.133. The Labute approximate surface area is 105 Å². The number of rotatable bonds is 1. The zero-order valence-corrected chi connectivity index (χ0v) is 10.2. The Hall–Kier alpha value is -2.47. The number of furan rings is 1. The van der Waals surface area contributed by atoms with Gasteiger partial charge in [-0.3, -0.25) is 0 Å². The number of cyclic esters (lactones) is 1. The summed E-state index contributed by atoms with van der Waals surface area (Å²) in [5.74, 6) is 6.10. The standard InChI is InChI=1S/C15H12O3/c1-11(4-3-5-13-6-7-17-10-13)8-14-12(2)9-15(16)18-14/h4,6-10H,1-2H3/b11-4+,14-8-. The Balaban J connectivity index is 2.09. The summed E-state index contributed by atoms with van der Waals surface area (Å²) in [7, 11) is 0. The van der Waals surface area contributed by atoms with Gasteiger partial charge in [0.15, 0.2) is 0 Å². The van der Waals surface area contributed by atoms with E-state index in [1.54, 1.807) is 30.7 Å². The van der Waals surface area contributed by atoms with Crippen LogP contribution in [0.3, 0.4) is 0 Å². The molecule has 0 atom stereocenters. The van der Waals surface area contributed by atoms with Gasteiger partial charge in [-0.1, -0.05) is 11.8 Å². The highest BCUT2D eigenvalue weighted by atomic mass is 16.5. The van der Waals surface area contributed by atoms with Crippen LogP contribution >= 0.6 is 0 Å². The third-order valence-electron chi connectivity index (χ3n) is 2.33. The van der Waals surface area contributed by atoms with E-state index in [9.17, 15) is 4.79 Å². The fourth-order valence-corrected chi connectivity index (χ4v) is 1.43. The zero-order valence-electron chi connectivity index (χ0n) is 10.2. The molecule has 0 bridgehead atoms. The van der Waals surface area contributed by atoms with E-state index >= 15 is 0 Å². The molecule has 3 heteroatoms. The molecule has 0 fully saturated rings. The van der Waals surface area contributed by atoms with Crippen LogP contribution in [0.4, 0.5) is 0 Å². The van der Waals surface area contributed by atoms with Gasteiger partial charge in [0.2, 0.25) is 0 Å². The maximum Gasteiger partial charge on any atom is 0.336 e. The van der Waals surface area contributed by atoms with Crippen LogP contribution in [0.15, 0.2) is 58.1 Å². The highest BCUT2D eigenvalue weighted by Gasteiger charge is 2.15. The second-order valence-electron chi connectivity index (χ2n) is 3.93. The van der Waals surface area contributed by atoms with Gasteiger partial charge in [-0.2, -0.15) is 0 Å². The third kappa shape index (κ3) is 3.02. The van der Waals surface area contributed by atoms with Gasteiger partial charge in [-0.25, -0.2) is 4.79 Å². The summed E-state index contributed by atoms with van der Waals surface area (Å²) in [5, 5.41) is 0. The predicted molar refractivity (Wildman–Crippen MR) is 67.3 cm³/mol. The molecule has 1 aliphatic rings. The van der Waals surface area contributed by atoms with E-state index in [0.717, 1.165) is 16.7 Å². The summed E-state index contributed by atoms with van der Waals surface area (Å²) in [4.78, 5) is 11.0. The number of carbonyl (C=O) groups is 1. The average Bonchev–Trinajstić information content (AvgIpc) is 2.90. The van der Waals surface area contributed by atoms with E-state index in [4.69, 9.17) is 9.15 Å². The molecule has 1 aliphatic heterocycles. The molecule has 0 aromatic carbocycles. The lowest BCUT2D eigenvalue weighted by atomic mass is 10.2. The molecular formula is C15H12O3. The van der Waals surface area contributed by atoms with Gasteiger partial charge < -0.3 is 9.15 Å². The summed E-state index contributed by atoms with van der Waals surface area (Å²) in [6.07, 6.45) is 8.19. The van der Waals surface area contributed by atoms with Gasteiger partial charge in [-0.05, 0) is 43.2 Å². The van der Waals surface area contributed by atoms with Gasteiger partial charge >= 0.3 is 5.97 Å². The minimum Gasteiger partial charge on any atom is -0.471 e. The van der Waals surface area contributed by atoms with Gasteiger partial charge in [0.1, 0.15) is 12.0 Å². The number of allylic oxidation sites excluding steroid dienone is 4. The highest BCUT2D eigenvalue weighted by molar-refractivity contribution is 5.88. The summed E-state index contributed by atoms with van der Waals surface area (Å²) in [6.45, 7) is 3.73. The van der Waals surface area contributed by atoms with Crippen molar-refractivity contribution in [2.24, 2.45) is 0 Å². The van der Waals surface area contributed by atoms with Gasteiger partial charge in [-0.15, -0.1) is 0 Å². The molecule has 0 N–H and O–H groups in total. The first kappa shape index (κ1) is 12.0. The van der Waals surface area contributed by atoms with Crippen molar-refractivity contribution in [1.82, 2.24) is 0 Å². The SMILES string of the molecule is CC1=CC(=O)O/C1=C\C(C)=C\C#Cc1ccoc1. The van der Waals surface area contributed by atoms with Crippen molar-refractivity contribution in [3.05, 3.63) is 59.3 Å². The van der Waals surface area contributed by atoms with Crippen LogP contribution in [0.2, 0.25) is 0 Å². The van der Waals surface area contributed by atoms with E-state index in [0.29, 0.717) is 5.76 Å². The molecule has 0 radical (unpaired) electrons. The molecule has 2 heterocycles. The van der Waals surface area contributed by atoms with Crippen LogP contribution < -0.4 is 0 Å². The van der Waals surface area contributed by atoms with Gasteiger partial charge in [0.05, 0.1) is 11.8 Å². The zero-order chi connectivity index (χ0) is 13.0. The largest absolute Gasteiger partial charge is 0.471 e. The van der Waals surface area contributed by atoms with Crippen molar-refractivity contribution >= 4 is 5.97 Å². The molecule has 0 spiro atoms. The maximum atomic E-state index is 11.0. The van der Waals surface area contributed by atoms with Crippen molar-refractivity contribution in [3.8, 4) is 11.8 Å². The quantitative estimate of drug-likeness (QED) is 0.559. The number of ether oxygens (including phenoxy) is 1. The molecule has 0 amide bonds. The minimum absolute atomic E-state index is 0.323. The van der Waals surface area contributed by atoms with Crippen LogP contribution in [0, 0.1) is 11.8 Å². The molecule has 1 aromatic rings. The van der Waals surface area contributed by atoms with Crippen molar-refractivity contribution in [2.45, 2.75) is 13.8 Å². The van der Waals surface area contributed by atoms with Crippen molar-refractivity contribution in [1.29, 1.82) is 0 Å². The second-order valence-corrected chi connectivity index (χ2v) is 3.93. The Bertz CT molecular complexity index is 602. The van der Waals surface area contributed by atoms with Crippen LogP contribution in [0.25, 0.3) is 0 Å². The second kappa shape index (κ2) is 5.24. The number of hydrogen-bond acceptors (Lipinski definition) is 3. The molecule has 2 rings (SSSR count). The average molecular weight is 240 g/mol. The van der Waals surface area contributed by atoms with Crippen LogP contribution in [0.1, 0.15) is 19.4 Å². The molecule has 0 unspecified atom stereocenters. The van der Waals surface area contributed by atoms with E-state index in [1.807, 2.05) is 13.8 Å². The number of esters is 1. The maximum absolute atomic E-state index is 11.0. The summed E-state index contributed by atoms with van der Waals surface area (Å²) in [5.41, 5.74) is 2.58. The van der Waals surface area contributed by atoms with E-state index in [-0.39, 0.29) is 5.97 Å². The fourth-order valence-electron chi connectivity index (χ4n) is 1.43. The molecule has 0 saturated heterocycles. The summed E-state index contributed by atoms with van der Waals surface area (Å²) < 4.78 is 9.93. The van der Waals surface area contributed by atoms with E-state index in [2.05, 4.69) is 11.8 Å². The lowest BCUT2D eigenvalue weighted by molar-refractivity contribution is -0.132. The van der Waals surface area contributed by atoms with Crippen LogP contribution in [0.5, 0.6) is 0 Å². The van der Waals surface area contributed by atoms with Crippen molar-refractivity contribution < 1.29 is 13.9 Å². The van der Waals surface area contributed by atoms with Crippen molar-refractivity contribution in [3.63, 3.8) is 0 Å². The molecule has 0 aliphatic carbocycles. The highest BCUT2D eigenvalue weighted by Crippen LogP contribution is 2.20. The summed E-state index contributed by atoms with van der Waals surface area (Å²) in [6, 6.07) is 1.79. The van der Waals surface area contributed by atoms with Gasteiger partial charge in [0.25, 0.3) is 0 Å². The first-order valence-corrected chi connectivity index (χ1v) is 5.48. The molecule has 3 nitrogen and oxygen atoms in total. The number of carbonyl (C=O) groups excluding carboxylic acids is 1. The lowest BCUT2D eigenvalue weighted by Crippen LogP contribution is -1.91. The topological polar surface area (TPSA) is 39.4 Å². The minimum atomic E-state index is -0.323. The van der Waals surface area contributed by atoms with Crippen LogP contribution in [-0.2, 0) is 9.53 Å². The lowest BCUT2D eigenvalue weighted by Gasteiger charge is -1.98. The first-order valence-electron chi connectivity index (χ1n) is 5.48. The van der Waals surface area contributed by atoms with Crippen molar-refractivity contribution in [2.75, 3.05) is 0 Å². The third-order valence-corrected chi connectivity index (χ3v) is 2.33. The smallest absolute Gasteiger partial charge is 0.336 e. The van der Waals surface area contributed by atoms with E-state index in [1.165, 1.54) is 6.08 Å². The summed E-state index contributed by atoms with van der Waals surface area (Å²) >= 11 is 0. The molecule has 18 heavy (non-hydrogen) atoms. The molecular weight excluding hydrogens is 228 g/mol. The monoisotopic (exact) mass is 240 g/mol. The molecule has 0 saturated carbocycles. The normalized spacial score (nSPS) is 17.2. The first-order chi connectivity index (χ1) is 8.65.